The molecule has 0 bridgehead atoms. The molecule has 0 aliphatic carbocycles. The third-order valence-electron chi connectivity index (χ3n) is 1.75. The van der Waals surface area contributed by atoms with Crippen LogP contribution in [0.25, 0.3) is 0 Å². The maximum atomic E-state index is 11.2. The van der Waals surface area contributed by atoms with Gasteiger partial charge in [0.15, 0.2) is 8.03 Å². The molecule has 0 saturated heterocycles. The average molecular weight is 192 g/mol. The largest absolute Gasteiger partial charge is 0.330 e. The smallest absolute Gasteiger partial charge is 0.191 e. The van der Waals surface area contributed by atoms with Gasteiger partial charge in [0.2, 0.25) is 0 Å². The normalized spacial score (nSPS) is 13.2. The fourth-order valence-corrected chi connectivity index (χ4v) is 1.98. The maximum Gasteiger partial charge on any atom is 0.191 e. The van der Waals surface area contributed by atoms with Gasteiger partial charge in [0.1, 0.15) is 0 Å². The summed E-state index contributed by atoms with van der Waals surface area (Å²) in [5, 5.41) is 0. The van der Waals surface area contributed by atoms with E-state index in [1.54, 1.807) is 0 Å². The Hall–Kier alpha value is 0.190. The Kier molecular flexibility index (Phi) is 9.43. The summed E-state index contributed by atoms with van der Waals surface area (Å²) < 4.78 is 16.3. The first-order chi connectivity index (χ1) is 5.81. The quantitative estimate of drug-likeness (QED) is 0.435. The van der Waals surface area contributed by atoms with Crippen LogP contribution in [-0.2, 0) is 9.09 Å². The molecule has 0 aliphatic heterocycles. The molecule has 0 spiro atoms. The second-order valence-electron chi connectivity index (χ2n) is 3.03. The predicted molar refractivity (Wildman–Crippen MR) is 54.3 cm³/mol. The lowest BCUT2D eigenvalue weighted by Crippen LogP contribution is -1.88. The van der Waals surface area contributed by atoms with E-state index in [0.717, 1.165) is 25.4 Å². The molecule has 3 heteroatoms. The highest BCUT2D eigenvalue weighted by molar-refractivity contribution is 7.39. The van der Waals surface area contributed by atoms with Crippen molar-refractivity contribution in [2.45, 2.75) is 46.0 Å². The zero-order chi connectivity index (χ0) is 9.23. The van der Waals surface area contributed by atoms with Gasteiger partial charge in [-0.2, -0.15) is 0 Å². The summed E-state index contributed by atoms with van der Waals surface area (Å²) in [5.41, 5.74) is 0. The van der Waals surface area contributed by atoms with Crippen LogP contribution < -0.4 is 0 Å². The van der Waals surface area contributed by atoms with Crippen LogP contribution in [0.1, 0.15) is 46.0 Å². The summed E-state index contributed by atoms with van der Waals surface area (Å²) in [5.74, 6) is 0. The summed E-state index contributed by atoms with van der Waals surface area (Å²) in [7, 11) is -1.68. The number of rotatable bonds is 8. The van der Waals surface area contributed by atoms with Gasteiger partial charge in [-0.1, -0.05) is 33.1 Å². The van der Waals surface area contributed by atoms with Crippen molar-refractivity contribution < 1.29 is 9.09 Å². The molecule has 1 unspecified atom stereocenters. The third-order valence-corrected chi connectivity index (χ3v) is 3.03. The molecule has 0 aromatic heterocycles. The van der Waals surface area contributed by atoms with Gasteiger partial charge in [0, 0.05) is 6.16 Å². The molecule has 0 amide bonds. The van der Waals surface area contributed by atoms with Crippen LogP contribution in [0.5, 0.6) is 0 Å². The van der Waals surface area contributed by atoms with E-state index in [1.165, 1.54) is 12.8 Å². The van der Waals surface area contributed by atoms with Crippen LogP contribution in [-0.4, -0.2) is 12.8 Å². The molecule has 0 aromatic carbocycles. The lowest BCUT2D eigenvalue weighted by atomic mass is 10.3. The first-order valence-corrected chi connectivity index (χ1v) is 6.49. The van der Waals surface area contributed by atoms with E-state index in [1.807, 2.05) is 0 Å². The number of unbranched alkanes of at least 4 members (excludes halogenated alkanes) is 3. The Morgan fingerprint density at radius 3 is 2.33 bits per heavy atom. The standard InChI is InChI=1S/C9H21O2P/c1-3-5-7-9-12(10)11-8-6-4-2/h12H,3-9H2,1-2H3. The van der Waals surface area contributed by atoms with Gasteiger partial charge >= 0.3 is 0 Å². The Morgan fingerprint density at radius 2 is 1.75 bits per heavy atom. The molecule has 1 atom stereocenters. The molecule has 2 nitrogen and oxygen atoms in total. The van der Waals surface area contributed by atoms with E-state index >= 15 is 0 Å². The van der Waals surface area contributed by atoms with Crippen LogP contribution >= 0.6 is 8.03 Å². The summed E-state index contributed by atoms with van der Waals surface area (Å²) in [6.07, 6.45) is 6.34. The highest BCUT2D eigenvalue weighted by atomic mass is 31.1. The van der Waals surface area contributed by atoms with Crippen molar-refractivity contribution in [2.24, 2.45) is 0 Å². The Morgan fingerprint density at radius 1 is 1.08 bits per heavy atom. The summed E-state index contributed by atoms with van der Waals surface area (Å²) in [4.78, 5) is 0. The monoisotopic (exact) mass is 192 g/mol. The van der Waals surface area contributed by atoms with Crippen molar-refractivity contribution in [1.82, 2.24) is 0 Å². The molecule has 0 fully saturated rings. The van der Waals surface area contributed by atoms with E-state index in [-0.39, 0.29) is 0 Å². The highest BCUT2D eigenvalue weighted by Gasteiger charge is 1.97. The number of hydrogen-bond donors (Lipinski definition) is 0. The predicted octanol–water partition coefficient (Wildman–Crippen LogP) is 3.47. The topological polar surface area (TPSA) is 26.3 Å². The fourth-order valence-electron chi connectivity index (χ4n) is 0.922. The van der Waals surface area contributed by atoms with Crippen LogP contribution in [0, 0.1) is 0 Å². The SMILES string of the molecule is CCCCC[PH](=O)OCCCC. The number of hydrogen-bond acceptors (Lipinski definition) is 2. The second kappa shape index (κ2) is 9.28. The van der Waals surface area contributed by atoms with Crippen molar-refractivity contribution in [3.8, 4) is 0 Å². The van der Waals surface area contributed by atoms with E-state index < -0.39 is 8.03 Å². The molecule has 0 aliphatic rings. The molecule has 0 N–H and O–H groups in total. The zero-order valence-corrected chi connectivity index (χ0v) is 9.27. The Bertz CT molecular complexity index is 103. The molecular weight excluding hydrogens is 171 g/mol. The summed E-state index contributed by atoms with van der Waals surface area (Å²) in [6, 6.07) is 0. The lowest BCUT2D eigenvalue weighted by Gasteiger charge is -2.02. The highest BCUT2D eigenvalue weighted by Crippen LogP contribution is 2.24. The van der Waals surface area contributed by atoms with Crippen LogP contribution in [0.15, 0.2) is 0 Å². The summed E-state index contributed by atoms with van der Waals surface area (Å²) >= 11 is 0. The van der Waals surface area contributed by atoms with Crippen LogP contribution in [0.4, 0.5) is 0 Å². The third kappa shape index (κ3) is 8.29. The van der Waals surface area contributed by atoms with Gasteiger partial charge in [0.25, 0.3) is 0 Å². The molecular formula is C9H21O2P. The van der Waals surface area contributed by atoms with Gasteiger partial charge in [-0.15, -0.1) is 0 Å². The minimum atomic E-state index is -1.68. The van der Waals surface area contributed by atoms with Crippen molar-refractivity contribution >= 4 is 8.03 Å². The van der Waals surface area contributed by atoms with E-state index in [2.05, 4.69) is 13.8 Å². The lowest BCUT2D eigenvalue weighted by molar-refractivity contribution is 0.320. The van der Waals surface area contributed by atoms with Crippen molar-refractivity contribution in [3.63, 3.8) is 0 Å². The van der Waals surface area contributed by atoms with Gasteiger partial charge in [0.05, 0.1) is 6.61 Å². The van der Waals surface area contributed by atoms with Gasteiger partial charge in [-0.3, -0.25) is 4.57 Å². The van der Waals surface area contributed by atoms with E-state index in [0.29, 0.717) is 6.61 Å². The molecule has 0 aromatic rings. The Labute approximate surface area is 76.6 Å². The first kappa shape index (κ1) is 12.2. The van der Waals surface area contributed by atoms with Gasteiger partial charge in [-0.25, -0.2) is 0 Å². The Balaban J connectivity index is 3.10. The fraction of sp³-hybridized carbons (Fsp3) is 1.00. The summed E-state index contributed by atoms with van der Waals surface area (Å²) in [6.45, 7) is 4.94. The van der Waals surface area contributed by atoms with Crippen LogP contribution in [0.3, 0.4) is 0 Å². The van der Waals surface area contributed by atoms with Gasteiger partial charge in [-0.05, 0) is 12.8 Å². The van der Waals surface area contributed by atoms with Crippen molar-refractivity contribution in [1.29, 1.82) is 0 Å². The molecule has 0 saturated carbocycles. The van der Waals surface area contributed by atoms with Crippen molar-refractivity contribution in [2.75, 3.05) is 12.8 Å². The molecule has 74 valence electrons. The minimum absolute atomic E-state index is 0.681. The minimum Gasteiger partial charge on any atom is -0.330 e. The molecule has 0 rings (SSSR count). The van der Waals surface area contributed by atoms with Crippen LogP contribution in [0.2, 0.25) is 0 Å². The molecule has 0 heterocycles. The van der Waals surface area contributed by atoms with Gasteiger partial charge < -0.3 is 4.52 Å². The van der Waals surface area contributed by atoms with E-state index in [9.17, 15) is 4.57 Å². The zero-order valence-electron chi connectivity index (χ0n) is 8.27. The first-order valence-electron chi connectivity index (χ1n) is 4.96. The molecule has 12 heavy (non-hydrogen) atoms. The van der Waals surface area contributed by atoms with E-state index in [4.69, 9.17) is 4.52 Å². The van der Waals surface area contributed by atoms with Crippen molar-refractivity contribution in [3.05, 3.63) is 0 Å². The maximum absolute atomic E-state index is 11.2. The molecule has 0 radical (unpaired) electrons. The average Bonchev–Trinajstić information content (AvgIpc) is 2.06. The second-order valence-corrected chi connectivity index (χ2v) is 4.56.